The molecule has 5 nitrogen and oxygen atoms in total. The molecule has 8 heteroatoms. The summed E-state index contributed by atoms with van der Waals surface area (Å²) in [5, 5.41) is 1.35. The van der Waals surface area contributed by atoms with Crippen molar-refractivity contribution in [3.63, 3.8) is 0 Å². The minimum absolute atomic E-state index is 0.0456. The smallest absolute Gasteiger partial charge is 0.267 e. The van der Waals surface area contributed by atoms with Crippen molar-refractivity contribution in [1.29, 1.82) is 0 Å². The fourth-order valence-electron chi connectivity index (χ4n) is 4.84. The van der Waals surface area contributed by atoms with Gasteiger partial charge in [-0.3, -0.25) is 14.3 Å². The van der Waals surface area contributed by atoms with E-state index in [4.69, 9.17) is 9.72 Å². The molecule has 0 spiro atoms. The summed E-state index contributed by atoms with van der Waals surface area (Å²) in [4.78, 5) is 23.5. The van der Waals surface area contributed by atoms with Crippen molar-refractivity contribution in [1.82, 2.24) is 14.5 Å². The summed E-state index contributed by atoms with van der Waals surface area (Å²) < 4.78 is 20.4. The number of methoxy groups -OCH3 is 1. The molecule has 3 aromatic carbocycles. The Morgan fingerprint density at radius 1 is 1.00 bits per heavy atom. The number of hydrogen-bond donors (Lipinski definition) is 0. The Balaban J connectivity index is 1.39. The van der Waals surface area contributed by atoms with Gasteiger partial charge in [0.15, 0.2) is 5.16 Å². The largest absolute Gasteiger partial charge is 0.497 e. The highest BCUT2D eigenvalue weighted by Crippen LogP contribution is 2.35. The molecule has 3 heterocycles. The van der Waals surface area contributed by atoms with Crippen LogP contribution >= 0.6 is 23.1 Å². The summed E-state index contributed by atoms with van der Waals surface area (Å²) in [5.74, 6) is 1.03. The van der Waals surface area contributed by atoms with Gasteiger partial charge in [0, 0.05) is 30.3 Å². The third-order valence-corrected chi connectivity index (χ3v) is 8.90. The van der Waals surface area contributed by atoms with E-state index in [1.165, 1.54) is 34.3 Å². The molecule has 0 unspecified atom stereocenters. The van der Waals surface area contributed by atoms with Crippen LogP contribution in [0.4, 0.5) is 4.39 Å². The molecule has 5 aromatic rings. The van der Waals surface area contributed by atoms with E-state index in [0.29, 0.717) is 10.9 Å². The van der Waals surface area contributed by atoms with Gasteiger partial charge in [0.05, 0.1) is 18.2 Å². The lowest BCUT2D eigenvalue weighted by atomic mass is 10.0. The Hall–Kier alpha value is -3.46. The molecule has 0 amide bonds. The number of thiophene rings is 1. The first kappa shape index (κ1) is 24.9. The second-order valence-corrected chi connectivity index (χ2v) is 11.3. The molecular weight excluding hydrogens is 517 g/mol. The van der Waals surface area contributed by atoms with E-state index in [0.717, 1.165) is 58.8 Å². The van der Waals surface area contributed by atoms with Gasteiger partial charge in [-0.1, -0.05) is 54.2 Å². The second kappa shape index (κ2) is 10.7. The summed E-state index contributed by atoms with van der Waals surface area (Å²) in [6, 6.07) is 24.4. The Morgan fingerprint density at radius 3 is 2.50 bits per heavy atom. The van der Waals surface area contributed by atoms with Crippen LogP contribution < -0.4 is 10.3 Å². The van der Waals surface area contributed by atoms with E-state index in [1.807, 2.05) is 30.3 Å². The Kier molecular flexibility index (Phi) is 7.02. The number of ether oxygens (including phenoxy) is 1. The van der Waals surface area contributed by atoms with Crippen molar-refractivity contribution in [3.8, 4) is 11.4 Å². The van der Waals surface area contributed by atoms with Crippen LogP contribution in [0.1, 0.15) is 21.6 Å². The zero-order valence-corrected chi connectivity index (χ0v) is 22.5. The third-order valence-electron chi connectivity index (χ3n) is 6.78. The van der Waals surface area contributed by atoms with Gasteiger partial charge in [-0.2, -0.15) is 0 Å². The molecule has 1 aliphatic rings. The standard InChI is InChI=1S/C30H26FN3O2S2/c1-36-24-13-11-23(12-14-24)34-29(35)27-25-15-16-33(17-20-5-3-2-4-6-20)18-26(25)38-28(27)32-30(34)37-19-21-7-9-22(31)10-8-21/h2-14H,15-19H2,1H3. The highest BCUT2D eigenvalue weighted by molar-refractivity contribution is 7.98. The molecule has 38 heavy (non-hydrogen) atoms. The molecule has 192 valence electrons. The Morgan fingerprint density at radius 2 is 1.76 bits per heavy atom. The van der Waals surface area contributed by atoms with Crippen LogP contribution in [0.15, 0.2) is 88.8 Å². The Labute approximate surface area is 228 Å². The van der Waals surface area contributed by atoms with Crippen molar-refractivity contribution in [2.75, 3.05) is 13.7 Å². The molecular formula is C30H26FN3O2S2. The average molecular weight is 544 g/mol. The highest BCUT2D eigenvalue weighted by atomic mass is 32.2. The van der Waals surface area contributed by atoms with Crippen LogP contribution in [0.5, 0.6) is 5.75 Å². The van der Waals surface area contributed by atoms with E-state index in [1.54, 1.807) is 35.1 Å². The van der Waals surface area contributed by atoms with Gasteiger partial charge in [0.1, 0.15) is 16.4 Å². The molecule has 0 radical (unpaired) electrons. The van der Waals surface area contributed by atoms with Gasteiger partial charge in [0.2, 0.25) is 0 Å². The van der Waals surface area contributed by atoms with Gasteiger partial charge in [-0.15, -0.1) is 11.3 Å². The third kappa shape index (κ3) is 4.99. The molecule has 1 aliphatic heterocycles. The lowest BCUT2D eigenvalue weighted by Gasteiger charge is -2.26. The first-order chi connectivity index (χ1) is 18.6. The predicted octanol–water partition coefficient (Wildman–Crippen LogP) is 6.45. The van der Waals surface area contributed by atoms with E-state index >= 15 is 0 Å². The van der Waals surface area contributed by atoms with Gasteiger partial charge >= 0.3 is 0 Å². The number of benzene rings is 3. The van der Waals surface area contributed by atoms with Crippen LogP contribution in [-0.4, -0.2) is 28.1 Å². The van der Waals surface area contributed by atoms with E-state index in [2.05, 4.69) is 29.2 Å². The quantitative estimate of drug-likeness (QED) is 0.175. The molecule has 0 saturated carbocycles. The lowest BCUT2D eigenvalue weighted by molar-refractivity contribution is 0.249. The monoisotopic (exact) mass is 543 g/mol. The Bertz CT molecular complexity index is 1630. The fraction of sp³-hybridized carbons (Fsp3) is 0.200. The summed E-state index contributed by atoms with van der Waals surface area (Å²) in [6.45, 7) is 2.60. The van der Waals surface area contributed by atoms with Crippen LogP contribution in [0, 0.1) is 5.82 Å². The number of aromatic nitrogens is 2. The van der Waals surface area contributed by atoms with Crippen molar-refractivity contribution in [3.05, 3.63) is 117 Å². The zero-order valence-electron chi connectivity index (χ0n) is 20.9. The molecule has 0 bridgehead atoms. The van der Waals surface area contributed by atoms with Crippen LogP contribution in [0.25, 0.3) is 15.9 Å². The minimum atomic E-state index is -0.265. The number of nitrogens with zero attached hydrogens (tertiary/aromatic N) is 3. The first-order valence-electron chi connectivity index (χ1n) is 12.4. The maximum atomic E-state index is 14.1. The van der Waals surface area contributed by atoms with Crippen LogP contribution in [0.2, 0.25) is 0 Å². The summed E-state index contributed by atoms with van der Waals surface area (Å²) in [7, 11) is 1.62. The molecule has 2 aromatic heterocycles. The van der Waals surface area contributed by atoms with Crippen LogP contribution in [0.3, 0.4) is 0 Å². The molecule has 0 fully saturated rings. The average Bonchev–Trinajstić information content (AvgIpc) is 3.31. The topological polar surface area (TPSA) is 47.4 Å². The van der Waals surface area contributed by atoms with E-state index in [9.17, 15) is 9.18 Å². The molecule has 0 saturated heterocycles. The number of hydrogen-bond acceptors (Lipinski definition) is 6. The number of thioether (sulfide) groups is 1. The first-order valence-corrected chi connectivity index (χ1v) is 14.2. The lowest BCUT2D eigenvalue weighted by Crippen LogP contribution is -2.30. The molecule has 0 atom stereocenters. The van der Waals surface area contributed by atoms with Crippen molar-refractivity contribution in [2.45, 2.75) is 30.4 Å². The van der Waals surface area contributed by atoms with Gasteiger partial charge in [-0.25, -0.2) is 9.37 Å². The van der Waals surface area contributed by atoms with Crippen LogP contribution in [-0.2, 0) is 25.3 Å². The zero-order chi connectivity index (χ0) is 26.1. The number of rotatable bonds is 7. The second-order valence-electron chi connectivity index (χ2n) is 9.28. The van der Waals surface area contributed by atoms with Gasteiger partial charge in [-0.05, 0) is 59.5 Å². The fourth-order valence-corrected chi connectivity index (χ4v) is 7.11. The maximum absolute atomic E-state index is 14.1. The SMILES string of the molecule is COc1ccc(-n2c(SCc3ccc(F)cc3)nc3sc4c(c3c2=O)CCN(Cc2ccccc2)C4)cc1. The molecule has 0 aliphatic carbocycles. The maximum Gasteiger partial charge on any atom is 0.267 e. The number of fused-ring (bicyclic) bond motifs is 3. The van der Waals surface area contributed by atoms with Crippen molar-refractivity contribution < 1.29 is 9.13 Å². The normalized spacial score (nSPS) is 13.5. The molecule has 6 rings (SSSR count). The minimum Gasteiger partial charge on any atom is -0.497 e. The predicted molar refractivity (Wildman–Crippen MR) is 152 cm³/mol. The summed E-state index contributed by atoms with van der Waals surface area (Å²) in [6.07, 6.45) is 0.823. The highest BCUT2D eigenvalue weighted by Gasteiger charge is 2.26. The van der Waals surface area contributed by atoms with Crippen molar-refractivity contribution in [2.24, 2.45) is 0 Å². The summed E-state index contributed by atoms with van der Waals surface area (Å²) >= 11 is 3.11. The van der Waals surface area contributed by atoms with Gasteiger partial charge in [0.25, 0.3) is 5.56 Å². The van der Waals surface area contributed by atoms with Crippen molar-refractivity contribution >= 4 is 33.3 Å². The summed E-state index contributed by atoms with van der Waals surface area (Å²) in [5.41, 5.74) is 4.08. The molecule has 0 N–H and O–H groups in total. The number of halogens is 1. The van der Waals surface area contributed by atoms with E-state index < -0.39 is 0 Å². The van der Waals surface area contributed by atoms with Gasteiger partial charge < -0.3 is 4.74 Å². The van der Waals surface area contributed by atoms with E-state index in [-0.39, 0.29) is 11.4 Å².